The summed E-state index contributed by atoms with van der Waals surface area (Å²) in [6, 6.07) is 12.3. The molecule has 0 saturated carbocycles. The molecule has 0 unspecified atom stereocenters. The zero-order valence-corrected chi connectivity index (χ0v) is 19.7. The number of benzene rings is 2. The van der Waals surface area contributed by atoms with Gasteiger partial charge in [-0.05, 0) is 62.2 Å². The Kier molecular flexibility index (Phi) is 8.29. The lowest BCUT2D eigenvalue weighted by atomic mass is 10.1. The van der Waals surface area contributed by atoms with E-state index in [2.05, 4.69) is 5.32 Å². The smallest absolute Gasteiger partial charge is 0.304 e. The van der Waals surface area contributed by atoms with Gasteiger partial charge in [0.15, 0.2) is 0 Å². The first-order chi connectivity index (χ1) is 14.5. The van der Waals surface area contributed by atoms with E-state index in [1.807, 2.05) is 26.0 Å². The van der Waals surface area contributed by atoms with Crippen LogP contribution in [0.25, 0.3) is 0 Å². The molecule has 8 nitrogen and oxygen atoms in total. The van der Waals surface area contributed by atoms with Gasteiger partial charge in [-0.2, -0.15) is 12.7 Å². The van der Waals surface area contributed by atoms with E-state index < -0.39 is 16.1 Å². The summed E-state index contributed by atoms with van der Waals surface area (Å²) in [6.07, 6.45) is 0. The summed E-state index contributed by atoms with van der Waals surface area (Å²) in [5.74, 6) is 0.952. The number of amides is 1. The Morgan fingerprint density at radius 1 is 1.06 bits per heavy atom. The number of hydrogen-bond acceptors (Lipinski definition) is 5. The highest BCUT2D eigenvalue weighted by atomic mass is 32.2. The monoisotopic (exact) mass is 449 g/mol. The number of carbonyl (C=O) groups is 1. The third-order valence-electron chi connectivity index (χ3n) is 4.63. The van der Waals surface area contributed by atoms with Crippen molar-refractivity contribution in [2.75, 3.05) is 38.7 Å². The van der Waals surface area contributed by atoms with Crippen LogP contribution in [0.4, 0.5) is 5.69 Å². The minimum absolute atomic E-state index is 0.238. The van der Waals surface area contributed by atoms with Crippen molar-refractivity contribution in [2.45, 2.75) is 26.8 Å². The van der Waals surface area contributed by atoms with Crippen LogP contribution in [0.5, 0.6) is 11.5 Å². The molecule has 0 spiro atoms. The van der Waals surface area contributed by atoms with E-state index in [1.54, 1.807) is 44.4 Å². The van der Waals surface area contributed by atoms with Crippen LogP contribution in [0.15, 0.2) is 42.5 Å². The second-order valence-electron chi connectivity index (χ2n) is 7.54. The molecule has 1 N–H and O–H groups in total. The molecular weight excluding hydrogens is 418 g/mol. The summed E-state index contributed by atoms with van der Waals surface area (Å²) in [7, 11) is 0.610. The Labute approximate surface area is 184 Å². The van der Waals surface area contributed by atoms with Crippen LogP contribution < -0.4 is 19.1 Å². The highest BCUT2D eigenvalue weighted by molar-refractivity contribution is 7.90. The first-order valence-electron chi connectivity index (χ1n) is 9.88. The fourth-order valence-electron chi connectivity index (χ4n) is 2.86. The maximum atomic E-state index is 12.9. The lowest BCUT2D eigenvalue weighted by Gasteiger charge is -2.29. The number of rotatable bonds is 10. The Morgan fingerprint density at radius 2 is 1.68 bits per heavy atom. The number of nitrogens with one attached hydrogen (secondary N) is 1. The second kappa shape index (κ2) is 10.5. The van der Waals surface area contributed by atoms with Gasteiger partial charge >= 0.3 is 10.2 Å². The van der Waals surface area contributed by atoms with Gasteiger partial charge in [0.2, 0.25) is 5.91 Å². The predicted molar refractivity (Wildman–Crippen MR) is 122 cm³/mol. The normalized spacial score (nSPS) is 12.4. The minimum atomic E-state index is -3.86. The van der Waals surface area contributed by atoms with E-state index in [-0.39, 0.29) is 19.2 Å². The number of ether oxygens (including phenoxy) is 2. The highest BCUT2D eigenvalue weighted by Crippen LogP contribution is 2.25. The van der Waals surface area contributed by atoms with Crippen LogP contribution >= 0.6 is 0 Å². The molecule has 2 aromatic carbocycles. The quantitative estimate of drug-likeness (QED) is 0.602. The standard InChI is InChI=1S/C22H31N3O5S/c1-16-7-8-17(2)21(13-16)25(31(27,28)24(4)5)14-22(26)23-18(3)15-30-20-11-9-19(29-6)10-12-20/h7-13,18H,14-15H2,1-6H3,(H,23,26)/t18-/m1/s1. The van der Waals surface area contributed by atoms with Crippen molar-refractivity contribution in [3.05, 3.63) is 53.6 Å². The van der Waals surface area contributed by atoms with Gasteiger partial charge in [-0.1, -0.05) is 12.1 Å². The van der Waals surface area contributed by atoms with E-state index >= 15 is 0 Å². The summed E-state index contributed by atoms with van der Waals surface area (Å²) in [6.45, 7) is 5.39. The number of anilines is 1. The number of hydrogen-bond donors (Lipinski definition) is 1. The van der Waals surface area contributed by atoms with Crippen molar-refractivity contribution in [2.24, 2.45) is 0 Å². The second-order valence-corrected chi connectivity index (χ2v) is 9.61. The summed E-state index contributed by atoms with van der Waals surface area (Å²) in [5, 5.41) is 2.80. The Bertz CT molecular complexity index is 991. The van der Waals surface area contributed by atoms with E-state index in [0.29, 0.717) is 11.4 Å². The molecule has 1 amide bonds. The molecule has 0 aliphatic rings. The van der Waals surface area contributed by atoms with Gasteiger partial charge in [0.25, 0.3) is 0 Å². The minimum Gasteiger partial charge on any atom is -0.497 e. The molecule has 31 heavy (non-hydrogen) atoms. The molecule has 0 radical (unpaired) electrons. The fourth-order valence-corrected chi connectivity index (χ4v) is 3.98. The number of nitrogens with zero attached hydrogens (tertiary/aromatic N) is 2. The van der Waals surface area contributed by atoms with Crippen LogP contribution in [-0.2, 0) is 15.0 Å². The Balaban J connectivity index is 2.08. The summed E-state index contributed by atoms with van der Waals surface area (Å²) >= 11 is 0. The van der Waals surface area contributed by atoms with E-state index in [0.717, 1.165) is 25.5 Å². The topological polar surface area (TPSA) is 88.2 Å². The molecule has 1 atom stereocenters. The predicted octanol–water partition coefficient (Wildman–Crippen LogP) is 2.51. The third kappa shape index (κ3) is 6.60. The van der Waals surface area contributed by atoms with Gasteiger partial charge in [0.1, 0.15) is 24.7 Å². The van der Waals surface area contributed by atoms with Crippen LogP contribution in [0.3, 0.4) is 0 Å². The van der Waals surface area contributed by atoms with E-state index in [1.165, 1.54) is 14.1 Å². The molecule has 2 rings (SSSR count). The van der Waals surface area contributed by atoms with Gasteiger partial charge in [-0.15, -0.1) is 0 Å². The molecule has 0 heterocycles. The Hall–Kier alpha value is -2.78. The molecule has 2 aromatic rings. The maximum Gasteiger partial charge on any atom is 0.304 e. The van der Waals surface area contributed by atoms with E-state index in [9.17, 15) is 13.2 Å². The first-order valence-corrected chi connectivity index (χ1v) is 11.3. The molecule has 0 bridgehead atoms. The third-order valence-corrected chi connectivity index (χ3v) is 6.43. The lowest BCUT2D eigenvalue weighted by molar-refractivity contribution is -0.120. The zero-order valence-electron chi connectivity index (χ0n) is 18.9. The molecular formula is C22H31N3O5S. The maximum absolute atomic E-state index is 12.9. The van der Waals surface area contributed by atoms with Crippen molar-refractivity contribution >= 4 is 21.8 Å². The number of aryl methyl sites for hydroxylation is 2. The summed E-state index contributed by atoms with van der Waals surface area (Å²) in [5.41, 5.74) is 2.15. The molecule has 0 saturated heterocycles. The van der Waals surface area contributed by atoms with Crippen molar-refractivity contribution in [3.63, 3.8) is 0 Å². The van der Waals surface area contributed by atoms with Crippen molar-refractivity contribution < 1.29 is 22.7 Å². The average molecular weight is 450 g/mol. The SMILES string of the molecule is COc1ccc(OC[C@@H](C)NC(=O)CN(c2cc(C)ccc2C)S(=O)(=O)N(C)C)cc1. The molecule has 0 aliphatic heterocycles. The van der Waals surface area contributed by atoms with Gasteiger partial charge in [0, 0.05) is 14.1 Å². The summed E-state index contributed by atoms with van der Waals surface area (Å²) < 4.78 is 38.9. The van der Waals surface area contributed by atoms with Gasteiger partial charge < -0.3 is 14.8 Å². The van der Waals surface area contributed by atoms with Crippen LogP contribution in [-0.4, -0.2) is 59.0 Å². The van der Waals surface area contributed by atoms with Crippen LogP contribution in [0.1, 0.15) is 18.1 Å². The van der Waals surface area contributed by atoms with Gasteiger partial charge in [0.05, 0.1) is 18.8 Å². The van der Waals surface area contributed by atoms with Crippen LogP contribution in [0.2, 0.25) is 0 Å². The molecule has 9 heteroatoms. The largest absolute Gasteiger partial charge is 0.497 e. The molecule has 0 aliphatic carbocycles. The first kappa shape index (κ1) is 24.5. The van der Waals surface area contributed by atoms with Crippen LogP contribution in [0, 0.1) is 13.8 Å². The highest BCUT2D eigenvalue weighted by Gasteiger charge is 2.28. The van der Waals surface area contributed by atoms with Crippen molar-refractivity contribution in [3.8, 4) is 11.5 Å². The van der Waals surface area contributed by atoms with Gasteiger partial charge in [-0.25, -0.2) is 4.31 Å². The van der Waals surface area contributed by atoms with Crippen molar-refractivity contribution in [1.82, 2.24) is 9.62 Å². The summed E-state index contributed by atoms with van der Waals surface area (Å²) in [4.78, 5) is 12.7. The average Bonchev–Trinajstić information content (AvgIpc) is 2.72. The molecule has 0 fully saturated rings. The van der Waals surface area contributed by atoms with Gasteiger partial charge in [-0.3, -0.25) is 4.79 Å². The van der Waals surface area contributed by atoms with Crippen molar-refractivity contribution in [1.29, 1.82) is 0 Å². The number of carbonyl (C=O) groups excluding carboxylic acids is 1. The molecule has 0 aromatic heterocycles. The number of methoxy groups -OCH3 is 1. The zero-order chi connectivity index (χ0) is 23.2. The fraction of sp³-hybridized carbons (Fsp3) is 0.409. The van der Waals surface area contributed by atoms with E-state index in [4.69, 9.17) is 9.47 Å². The lowest BCUT2D eigenvalue weighted by Crippen LogP contribution is -2.48. The molecule has 170 valence electrons. The Morgan fingerprint density at radius 3 is 2.26 bits per heavy atom.